The van der Waals surface area contributed by atoms with E-state index in [1.54, 1.807) is 0 Å². The lowest BCUT2D eigenvalue weighted by molar-refractivity contribution is 0.0605. The maximum atomic E-state index is 12.5. The predicted molar refractivity (Wildman–Crippen MR) is 91.0 cm³/mol. The van der Waals surface area contributed by atoms with Gasteiger partial charge in [0.05, 0.1) is 5.56 Å². The Kier molecular flexibility index (Phi) is 5.38. The number of nitrogens with zero attached hydrogens (tertiary/aromatic N) is 2. The summed E-state index contributed by atoms with van der Waals surface area (Å²) in [6.07, 6.45) is 8.29. The van der Waals surface area contributed by atoms with Crippen LogP contribution < -0.4 is 5.56 Å². The Morgan fingerprint density at radius 2 is 1.87 bits per heavy atom. The minimum atomic E-state index is -0.361. The third-order valence-electron chi connectivity index (χ3n) is 5.01. The van der Waals surface area contributed by atoms with Crippen molar-refractivity contribution >= 4 is 17.5 Å². The molecule has 0 bridgehead atoms. The third-order valence-corrected chi connectivity index (χ3v) is 5.29. The topological polar surface area (TPSA) is 56.4 Å². The number of carbonyl (C=O) groups excluding carboxylic acids is 1. The van der Waals surface area contributed by atoms with Crippen LogP contribution in [0.25, 0.3) is 0 Å². The molecule has 1 saturated heterocycles. The van der Waals surface area contributed by atoms with Crippen LogP contribution in [0.4, 0.5) is 0 Å². The summed E-state index contributed by atoms with van der Waals surface area (Å²) >= 11 is 5.81. The Morgan fingerprint density at radius 3 is 2.52 bits per heavy atom. The zero-order valence-electron chi connectivity index (χ0n) is 13.4. The van der Waals surface area contributed by atoms with Crippen LogP contribution in [0.15, 0.2) is 17.1 Å². The standard InChI is InChI=1S/C17H24ClN3O2/c18-15-10-14(11-19-16(15)22)17(23)21-8-6-20(7-9-21)12-13-4-2-1-3-5-13/h10-11,13H,1-9,12H2,(H,19,22). The van der Waals surface area contributed by atoms with Crippen molar-refractivity contribution in [3.8, 4) is 0 Å². The maximum absolute atomic E-state index is 12.5. The van der Waals surface area contributed by atoms with Gasteiger partial charge in [0.1, 0.15) is 5.02 Å². The van der Waals surface area contributed by atoms with Crippen LogP contribution >= 0.6 is 11.6 Å². The third kappa shape index (κ3) is 4.15. The SMILES string of the molecule is O=C(c1c[nH]c(=O)c(Cl)c1)N1CCN(CC2CCCCC2)CC1. The minimum Gasteiger partial charge on any atom is -0.336 e. The summed E-state index contributed by atoms with van der Waals surface area (Å²) in [6, 6.07) is 1.46. The molecule has 0 radical (unpaired) electrons. The summed E-state index contributed by atoms with van der Waals surface area (Å²) in [4.78, 5) is 30.6. The van der Waals surface area contributed by atoms with E-state index >= 15 is 0 Å². The van der Waals surface area contributed by atoms with Gasteiger partial charge in [-0.15, -0.1) is 0 Å². The predicted octanol–water partition coefficient (Wildman–Crippen LogP) is 2.37. The molecule has 1 aromatic rings. The fraction of sp³-hybridized carbons (Fsp3) is 0.647. The zero-order chi connectivity index (χ0) is 16.2. The number of pyridine rings is 1. The van der Waals surface area contributed by atoms with Crippen molar-refractivity contribution in [1.29, 1.82) is 0 Å². The van der Waals surface area contributed by atoms with Gasteiger partial charge in [-0.1, -0.05) is 30.9 Å². The van der Waals surface area contributed by atoms with Crippen molar-refractivity contribution in [3.05, 3.63) is 33.2 Å². The molecule has 126 valence electrons. The first-order valence-electron chi connectivity index (χ1n) is 8.53. The average Bonchev–Trinajstić information content (AvgIpc) is 2.58. The highest BCUT2D eigenvalue weighted by molar-refractivity contribution is 6.30. The first kappa shape index (κ1) is 16.5. The molecule has 1 aliphatic carbocycles. The van der Waals surface area contributed by atoms with E-state index in [0.29, 0.717) is 5.56 Å². The van der Waals surface area contributed by atoms with Gasteiger partial charge in [0, 0.05) is 38.9 Å². The molecule has 2 fully saturated rings. The molecule has 1 aromatic heterocycles. The Bertz CT molecular complexity index is 602. The van der Waals surface area contributed by atoms with Gasteiger partial charge in [-0.25, -0.2) is 0 Å². The van der Waals surface area contributed by atoms with E-state index in [1.165, 1.54) is 50.9 Å². The first-order valence-corrected chi connectivity index (χ1v) is 8.91. The number of nitrogens with one attached hydrogen (secondary N) is 1. The molecule has 2 heterocycles. The van der Waals surface area contributed by atoms with Crippen molar-refractivity contribution in [1.82, 2.24) is 14.8 Å². The zero-order valence-corrected chi connectivity index (χ0v) is 14.1. The summed E-state index contributed by atoms with van der Waals surface area (Å²) in [6.45, 7) is 4.51. The number of piperazine rings is 1. The largest absolute Gasteiger partial charge is 0.336 e. The fourth-order valence-corrected chi connectivity index (χ4v) is 3.80. The number of rotatable bonds is 3. The van der Waals surface area contributed by atoms with Crippen LogP contribution in [0, 0.1) is 5.92 Å². The number of hydrogen-bond acceptors (Lipinski definition) is 3. The number of amides is 1. The van der Waals surface area contributed by atoms with Gasteiger partial charge in [0.15, 0.2) is 0 Å². The van der Waals surface area contributed by atoms with Gasteiger partial charge in [-0.3, -0.25) is 14.5 Å². The minimum absolute atomic E-state index is 0.0551. The number of carbonyl (C=O) groups is 1. The molecule has 0 unspecified atom stereocenters. The highest BCUT2D eigenvalue weighted by Crippen LogP contribution is 2.24. The monoisotopic (exact) mass is 337 g/mol. The van der Waals surface area contributed by atoms with E-state index in [4.69, 9.17) is 11.6 Å². The van der Waals surface area contributed by atoms with Gasteiger partial charge >= 0.3 is 0 Å². The number of aromatic amines is 1. The van der Waals surface area contributed by atoms with Gasteiger partial charge in [0.25, 0.3) is 11.5 Å². The Balaban J connectivity index is 1.52. The summed E-state index contributed by atoms with van der Waals surface area (Å²) in [5, 5.41) is 0.0618. The van der Waals surface area contributed by atoms with E-state index in [0.717, 1.165) is 32.1 Å². The second-order valence-corrected chi connectivity index (χ2v) is 7.07. The summed E-state index contributed by atoms with van der Waals surface area (Å²) < 4.78 is 0. The van der Waals surface area contributed by atoms with E-state index in [2.05, 4.69) is 9.88 Å². The van der Waals surface area contributed by atoms with Crippen LogP contribution in [-0.4, -0.2) is 53.4 Å². The maximum Gasteiger partial charge on any atom is 0.266 e. The van der Waals surface area contributed by atoms with E-state index < -0.39 is 0 Å². The van der Waals surface area contributed by atoms with Crippen molar-refractivity contribution in [3.63, 3.8) is 0 Å². The number of hydrogen-bond donors (Lipinski definition) is 1. The summed E-state index contributed by atoms with van der Waals surface area (Å²) in [7, 11) is 0. The molecule has 1 amide bonds. The Morgan fingerprint density at radius 1 is 1.17 bits per heavy atom. The lowest BCUT2D eigenvalue weighted by atomic mass is 9.89. The lowest BCUT2D eigenvalue weighted by Crippen LogP contribution is -2.50. The van der Waals surface area contributed by atoms with Crippen LogP contribution in [0.1, 0.15) is 42.5 Å². The molecule has 23 heavy (non-hydrogen) atoms. The molecule has 6 heteroatoms. The average molecular weight is 338 g/mol. The molecule has 1 aliphatic heterocycles. The van der Waals surface area contributed by atoms with Crippen LogP contribution in [0.2, 0.25) is 5.02 Å². The molecular formula is C17H24ClN3O2. The molecular weight excluding hydrogens is 314 g/mol. The van der Waals surface area contributed by atoms with E-state index in [9.17, 15) is 9.59 Å². The quantitative estimate of drug-likeness (QED) is 0.921. The smallest absolute Gasteiger partial charge is 0.266 e. The van der Waals surface area contributed by atoms with Crippen LogP contribution in [0.5, 0.6) is 0 Å². The fourth-order valence-electron chi connectivity index (χ4n) is 3.63. The molecule has 1 saturated carbocycles. The second kappa shape index (κ2) is 7.49. The molecule has 5 nitrogen and oxygen atoms in total. The Labute approximate surface area is 141 Å². The molecule has 1 N–H and O–H groups in total. The Hall–Kier alpha value is -1.33. The molecule has 3 rings (SSSR count). The first-order chi connectivity index (χ1) is 11.1. The van der Waals surface area contributed by atoms with Gasteiger partial charge < -0.3 is 9.88 Å². The van der Waals surface area contributed by atoms with Crippen LogP contribution in [-0.2, 0) is 0 Å². The number of halogens is 1. The van der Waals surface area contributed by atoms with Gasteiger partial charge in [0.2, 0.25) is 0 Å². The summed E-state index contributed by atoms with van der Waals surface area (Å²) in [5.41, 5.74) is 0.0934. The molecule has 2 aliphatic rings. The number of H-pyrrole nitrogens is 1. The highest BCUT2D eigenvalue weighted by Gasteiger charge is 2.24. The molecule has 0 aromatic carbocycles. The van der Waals surface area contributed by atoms with Crippen LogP contribution in [0.3, 0.4) is 0 Å². The van der Waals surface area contributed by atoms with Crippen molar-refractivity contribution in [2.75, 3.05) is 32.7 Å². The molecule has 0 spiro atoms. The van der Waals surface area contributed by atoms with Crippen molar-refractivity contribution in [2.45, 2.75) is 32.1 Å². The van der Waals surface area contributed by atoms with Crippen molar-refractivity contribution < 1.29 is 4.79 Å². The molecule has 0 atom stereocenters. The normalized spacial score (nSPS) is 20.7. The highest BCUT2D eigenvalue weighted by atomic mass is 35.5. The number of aromatic nitrogens is 1. The van der Waals surface area contributed by atoms with Crippen molar-refractivity contribution in [2.24, 2.45) is 5.92 Å². The van der Waals surface area contributed by atoms with Gasteiger partial charge in [-0.2, -0.15) is 0 Å². The van der Waals surface area contributed by atoms with E-state index in [-0.39, 0.29) is 16.5 Å². The lowest BCUT2D eigenvalue weighted by Gasteiger charge is -2.37. The van der Waals surface area contributed by atoms with E-state index in [1.807, 2.05) is 4.90 Å². The van der Waals surface area contributed by atoms with Gasteiger partial charge in [-0.05, 0) is 24.8 Å². The second-order valence-electron chi connectivity index (χ2n) is 6.66. The summed E-state index contributed by atoms with van der Waals surface area (Å²) in [5.74, 6) is 0.782.